The second-order valence-electron chi connectivity index (χ2n) is 8.79. The highest BCUT2D eigenvalue weighted by molar-refractivity contribution is 9.10. The second kappa shape index (κ2) is 9.66. The third kappa shape index (κ3) is 6.77. The molecule has 29 heavy (non-hydrogen) atoms. The highest BCUT2D eigenvalue weighted by Gasteiger charge is 2.19. The third-order valence-corrected chi connectivity index (χ3v) is 5.63. The van der Waals surface area contributed by atoms with Gasteiger partial charge in [0, 0.05) is 10.2 Å². The van der Waals surface area contributed by atoms with Crippen LogP contribution in [0.5, 0.6) is 5.75 Å². The molecule has 2 aromatic carbocycles. The van der Waals surface area contributed by atoms with Gasteiger partial charge in [-0.25, -0.2) is 4.98 Å². The first-order valence-corrected chi connectivity index (χ1v) is 11.3. The summed E-state index contributed by atoms with van der Waals surface area (Å²) in [6.45, 7) is 8.79. The van der Waals surface area contributed by atoms with Crippen molar-refractivity contribution in [3.8, 4) is 5.75 Å². The van der Waals surface area contributed by atoms with Crippen LogP contribution in [0.25, 0.3) is 11.0 Å². The topological polar surface area (TPSA) is 49.9 Å². The molecule has 1 aromatic heterocycles. The molecule has 2 N–H and O–H groups in total. The van der Waals surface area contributed by atoms with Crippen LogP contribution >= 0.6 is 15.9 Å². The fraction of sp³-hybridized carbons (Fsp3) is 0.458. The van der Waals surface area contributed by atoms with Gasteiger partial charge in [0.25, 0.3) is 0 Å². The maximum Gasteiger partial charge on any atom is 0.205 e. The highest BCUT2D eigenvalue weighted by atomic mass is 79.9. The summed E-state index contributed by atoms with van der Waals surface area (Å²) in [4.78, 5) is 7.75. The van der Waals surface area contributed by atoms with E-state index in [-0.39, 0.29) is 6.10 Å². The molecule has 1 aliphatic rings. The molecule has 4 nitrogen and oxygen atoms in total. The van der Waals surface area contributed by atoms with Gasteiger partial charge in [-0.1, -0.05) is 49.0 Å². The number of halogens is 1. The Kier molecular flexibility index (Phi) is 7.23. The Hall–Kier alpha value is -2.01. The van der Waals surface area contributed by atoms with Crippen molar-refractivity contribution >= 4 is 38.6 Å². The maximum absolute atomic E-state index is 5.62. The number of hydrogen-bond donors (Lipinski definition) is 2. The Morgan fingerprint density at radius 3 is 2.31 bits per heavy atom. The lowest BCUT2D eigenvalue weighted by Crippen LogP contribution is -2.14. The quantitative estimate of drug-likeness (QED) is 0.419. The molecule has 0 unspecified atom stereocenters. The van der Waals surface area contributed by atoms with Crippen LogP contribution in [0, 0.1) is 5.41 Å². The van der Waals surface area contributed by atoms with Crippen LogP contribution in [0.2, 0.25) is 0 Å². The van der Waals surface area contributed by atoms with E-state index >= 15 is 0 Å². The molecule has 4 rings (SSSR count). The SMILES string of the molecule is CC(C)Oc1ccc(Nc2nc3ccc(Br)cc3[nH]2)cc1.CC1(C)CCCCC1. The molecule has 0 spiro atoms. The summed E-state index contributed by atoms with van der Waals surface area (Å²) >= 11 is 3.45. The van der Waals surface area contributed by atoms with E-state index in [1.165, 1.54) is 32.1 Å². The first-order valence-electron chi connectivity index (χ1n) is 10.5. The Bertz CT molecular complexity index is 908. The molecule has 5 heteroatoms. The summed E-state index contributed by atoms with van der Waals surface area (Å²) in [6, 6.07) is 13.8. The fourth-order valence-corrected chi connectivity index (χ4v) is 3.94. The van der Waals surface area contributed by atoms with Gasteiger partial charge in [0.1, 0.15) is 5.75 Å². The number of imidazole rings is 1. The molecule has 0 bridgehead atoms. The Balaban J connectivity index is 0.000000252. The average Bonchev–Trinajstić information content (AvgIpc) is 3.04. The van der Waals surface area contributed by atoms with Gasteiger partial charge in [-0.3, -0.25) is 0 Å². The molecule has 1 saturated carbocycles. The summed E-state index contributed by atoms with van der Waals surface area (Å²) < 4.78 is 6.65. The molecule has 3 aromatic rings. The van der Waals surface area contributed by atoms with Crippen molar-refractivity contribution in [2.24, 2.45) is 5.41 Å². The van der Waals surface area contributed by atoms with E-state index in [1.807, 2.05) is 56.3 Å². The predicted molar refractivity (Wildman–Crippen MR) is 126 cm³/mol. The maximum atomic E-state index is 5.62. The summed E-state index contributed by atoms with van der Waals surface area (Å²) in [5.74, 6) is 1.59. The molecular formula is C24H32BrN3O. The van der Waals surface area contributed by atoms with Crippen molar-refractivity contribution in [3.63, 3.8) is 0 Å². The second-order valence-corrected chi connectivity index (χ2v) is 9.70. The van der Waals surface area contributed by atoms with Crippen LogP contribution in [-0.2, 0) is 0 Å². The van der Waals surface area contributed by atoms with Crippen molar-refractivity contribution in [1.82, 2.24) is 9.97 Å². The lowest BCUT2D eigenvalue weighted by Gasteiger charge is -2.28. The zero-order valence-electron chi connectivity index (χ0n) is 17.9. The smallest absolute Gasteiger partial charge is 0.205 e. The molecular weight excluding hydrogens is 426 g/mol. The number of rotatable bonds is 4. The predicted octanol–water partition coefficient (Wildman–Crippen LogP) is 7.83. The van der Waals surface area contributed by atoms with Crippen molar-refractivity contribution in [2.75, 3.05) is 5.32 Å². The lowest BCUT2D eigenvalue weighted by atomic mass is 9.78. The number of aromatic nitrogens is 2. The Morgan fingerprint density at radius 1 is 1.03 bits per heavy atom. The molecule has 0 saturated heterocycles. The minimum Gasteiger partial charge on any atom is -0.491 e. The number of nitrogens with one attached hydrogen (secondary N) is 2. The van der Waals surface area contributed by atoms with E-state index in [4.69, 9.17) is 4.74 Å². The van der Waals surface area contributed by atoms with E-state index in [0.717, 1.165) is 32.9 Å². The molecule has 156 valence electrons. The van der Waals surface area contributed by atoms with E-state index in [2.05, 4.69) is 45.1 Å². The first kappa shape index (κ1) is 21.7. The van der Waals surface area contributed by atoms with Gasteiger partial charge in [-0.15, -0.1) is 0 Å². The largest absolute Gasteiger partial charge is 0.491 e. The minimum absolute atomic E-state index is 0.178. The molecule has 0 amide bonds. The standard InChI is InChI=1S/C16H16BrN3O.C8H16/c1-10(2)21-13-6-4-12(5-7-13)18-16-19-14-8-3-11(17)9-15(14)20-16;1-8(2)6-4-3-5-7-8/h3-10H,1-2H3,(H2,18,19,20);3-7H2,1-2H3. The fourth-order valence-electron chi connectivity index (χ4n) is 3.58. The van der Waals surface area contributed by atoms with Crippen molar-refractivity contribution in [1.29, 1.82) is 0 Å². The van der Waals surface area contributed by atoms with Crippen LogP contribution in [0.4, 0.5) is 11.6 Å². The van der Waals surface area contributed by atoms with E-state index in [1.54, 1.807) is 0 Å². The van der Waals surface area contributed by atoms with Crippen LogP contribution in [-0.4, -0.2) is 16.1 Å². The van der Waals surface area contributed by atoms with E-state index in [9.17, 15) is 0 Å². The van der Waals surface area contributed by atoms with Gasteiger partial charge < -0.3 is 15.0 Å². The number of H-pyrrole nitrogens is 1. The van der Waals surface area contributed by atoms with Gasteiger partial charge >= 0.3 is 0 Å². The number of ether oxygens (including phenoxy) is 1. The number of aromatic amines is 1. The molecule has 0 radical (unpaired) electrons. The van der Waals surface area contributed by atoms with E-state index < -0.39 is 0 Å². The number of hydrogen-bond acceptors (Lipinski definition) is 3. The zero-order valence-corrected chi connectivity index (χ0v) is 19.5. The normalized spacial score (nSPS) is 15.7. The van der Waals surface area contributed by atoms with Gasteiger partial charge in [0.2, 0.25) is 5.95 Å². The van der Waals surface area contributed by atoms with Gasteiger partial charge in [0.05, 0.1) is 17.1 Å². The number of benzene rings is 2. The number of fused-ring (bicyclic) bond motifs is 1. The molecule has 1 fully saturated rings. The first-order chi connectivity index (χ1) is 13.8. The van der Waals surface area contributed by atoms with E-state index in [0.29, 0.717) is 5.41 Å². The van der Waals surface area contributed by atoms with Crippen LogP contribution < -0.4 is 10.1 Å². The summed E-state index contributed by atoms with van der Waals surface area (Å²) in [7, 11) is 0. The zero-order chi connectivity index (χ0) is 20.9. The summed E-state index contributed by atoms with van der Waals surface area (Å²) in [5, 5.41) is 3.26. The van der Waals surface area contributed by atoms with Crippen LogP contribution in [0.1, 0.15) is 59.8 Å². The molecule has 0 aliphatic heterocycles. The van der Waals surface area contributed by atoms with Gasteiger partial charge in [0.15, 0.2) is 0 Å². The highest BCUT2D eigenvalue weighted by Crippen LogP contribution is 2.34. The average molecular weight is 458 g/mol. The van der Waals surface area contributed by atoms with Crippen molar-refractivity contribution < 1.29 is 4.74 Å². The third-order valence-electron chi connectivity index (χ3n) is 5.14. The Morgan fingerprint density at radius 2 is 1.72 bits per heavy atom. The minimum atomic E-state index is 0.178. The lowest BCUT2D eigenvalue weighted by molar-refractivity contribution is 0.242. The summed E-state index contributed by atoms with van der Waals surface area (Å²) in [5.41, 5.74) is 3.56. The monoisotopic (exact) mass is 457 g/mol. The van der Waals surface area contributed by atoms with Crippen molar-refractivity contribution in [2.45, 2.75) is 65.9 Å². The summed E-state index contributed by atoms with van der Waals surface area (Å²) in [6.07, 6.45) is 7.49. The van der Waals surface area contributed by atoms with Gasteiger partial charge in [-0.2, -0.15) is 0 Å². The number of anilines is 2. The number of nitrogens with zero attached hydrogens (tertiary/aromatic N) is 1. The molecule has 1 aliphatic carbocycles. The van der Waals surface area contributed by atoms with Crippen LogP contribution in [0.3, 0.4) is 0 Å². The molecule has 1 heterocycles. The molecule has 0 atom stereocenters. The van der Waals surface area contributed by atoms with Crippen LogP contribution in [0.15, 0.2) is 46.9 Å². The van der Waals surface area contributed by atoms with Crippen molar-refractivity contribution in [3.05, 3.63) is 46.9 Å². The Labute approximate surface area is 182 Å². The van der Waals surface area contributed by atoms with Gasteiger partial charge in [-0.05, 0) is 74.6 Å².